The fourth-order valence-corrected chi connectivity index (χ4v) is 7.03. The molecule has 0 aliphatic carbocycles. The Morgan fingerprint density at radius 2 is 1.67 bits per heavy atom. The van der Waals surface area contributed by atoms with Crippen LogP contribution in [-0.2, 0) is 13.1 Å². The van der Waals surface area contributed by atoms with Gasteiger partial charge >= 0.3 is 0 Å². The Kier molecular flexibility index (Phi) is 6.82. The zero-order valence-corrected chi connectivity index (χ0v) is 24.2. The highest BCUT2D eigenvalue weighted by Gasteiger charge is 2.36. The average Bonchev–Trinajstić information content (AvgIpc) is 3.34. The summed E-state index contributed by atoms with van der Waals surface area (Å²) < 4.78 is 7.66. The zero-order valence-electron chi connectivity index (χ0n) is 24.2. The molecule has 3 fully saturated rings. The number of aromatic nitrogens is 1. The highest BCUT2D eigenvalue weighted by molar-refractivity contribution is 6.07. The molecule has 214 valence electrons. The summed E-state index contributed by atoms with van der Waals surface area (Å²) in [7, 11) is 1.67. The summed E-state index contributed by atoms with van der Waals surface area (Å²) in [4.78, 5) is 32.0. The van der Waals surface area contributed by atoms with Gasteiger partial charge in [-0.2, -0.15) is 0 Å². The summed E-state index contributed by atoms with van der Waals surface area (Å²) in [6.45, 7) is 6.17. The smallest absolute Gasteiger partial charge is 0.268 e. The van der Waals surface area contributed by atoms with Crippen LogP contribution >= 0.6 is 0 Å². The minimum Gasteiger partial charge on any atom is -0.496 e. The minimum atomic E-state index is -0.0648. The monoisotopic (exact) mass is 560 g/mol. The van der Waals surface area contributed by atoms with Gasteiger partial charge in [-0.1, -0.05) is 42.5 Å². The molecule has 0 radical (unpaired) electrons. The van der Waals surface area contributed by atoms with Crippen LogP contribution in [0.3, 0.4) is 0 Å². The number of rotatable bonds is 5. The highest BCUT2D eigenvalue weighted by atomic mass is 16.5. The van der Waals surface area contributed by atoms with E-state index in [1.165, 1.54) is 0 Å². The third-order valence-corrected chi connectivity index (χ3v) is 9.32. The number of aryl methyl sites for hydroxylation is 1. The number of benzene rings is 3. The first-order valence-corrected chi connectivity index (χ1v) is 14.9. The van der Waals surface area contributed by atoms with Crippen molar-refractivity contribution in [1.82, 2.24) is 14.8 Å². The molecule has 2 bridgehead atoms. The molecule has 8 rings (SSSR count). The lowest BCUT2D eigenvalue weighted by Crippen LogP contribution is -2.57. The summed E-state index contributed by atoms with van der Waals surface area (Å²) >= 11 is 0. The number of carbonyl (C=O) groups is 2. The molecule has 0 unspecified atom stereocenters. The Labute approximate surface area is 246 Å². The first-order chi connectivity index (χ1) is 20.5. The van der Waals surface area contributed by atoms with Crippen molar-refractivity contribution >= 4 is 17.5 Å². The molecule has 7 heteroatoms. The molecule has 1 aromatic heterocycles. The Morgan fingerprint density at radius 1 is 0.881 bits per heavy atom. The minimum absolute atomic E-state index is 0.0280. The largest absolute Gasteiger partial charge is 0.496 e. The molecule has 1 atom stereocenters. The second-order valence-corrected chi connectivity index (χ2v) is 11.8. The van der Waals surface area contributed by atoms with Crippen LogP contribution < -0.4 is 15.0 Å². The fourth-order valence-electron chi connectivity index (χ4n) is 7.03. The Morgan fingerprint density at radius 3 is 2.43 bits per heavy atom. The Bertz CT molecular complexity index is 1670. The van der Waals surface area contributed by atoms with Gasteiger partial charge in [0.05, 0.1) is 20.2 Å². The SMILES string of the molecule is COc1ccccc1-c1ccc(C(=O)N2Cc3ccc(C(=O)N[C@@H]4CN5CCC4CC5)n3Cc3ccccc32)cc1C. The van der Waals surface area contributed by atoms with Crippen molar-refractivity contribution in [1.29, 1.82) is 0 Å². The van der Waals surface area contributed by atoms with E-state index in [1.54, 1.807) is 7.11 Å². The van der Waals surface area contributed by atoms with Gasteiger partial charge in [-0.3, -0.25) is 9.59 Å². The van der Waals surface area contributed by atoms with Crippen LogP contribution in [0.1, 0.15) is 50.5 Å². The number of methoxy groups -OCH3 is 1. The fraction of sp³-hybridized carbons (Fsp3) is 0.314. The predicted molar refractivity (Wildman–Crippen MR) is 164 cm³/mol. The summed E-state index contributed by atoms with van der Waals surface area (Å²) in [5.74, 6) is 1.27. The third-order valence-electron chi connectivity index (χ3n) is 9.32. The standard InChI is InChI=1S/C35H36N4O3/c1-23-19-25(11-13-28(23)29-8-4-6-10-33(29)42-2)35(41)39-21-27-12-14-32(38(27)20-26-7-3-5-9-31(26)39)34(40)36-30-22-37-17-15-24(30)16-18-37/h3-14,19,24,30H,15-18,20-22H2,1-2H3,(H,36,40)/t30-/m1/s1. The topological polar surface area (TPSA) is 66.8 Å². The van der Waals surface area contributed by atoms with Gasteiger partial charge < -0.3 is 24.4 Å². The van der Waals surface area contributed by atoms with Crippen molar-refractivity contribution in [2.45, 2.75) is 38.9 Å². The lowest BCUT2D eigenvalue weighted by Gasteiger charge is -2.44. The molecule has 2 amide bonds. The van der Waals surface area contributed by atoms with E-state index in [9.17, 15) is 9.59 Å². The number of amides is 2. The number of nitrogens with zero attached hydrogens (tertiary/aromatic N) is 3. The van der Waals surface area contributed by atoms with Crippen LogP contribution in [0.2, 0.25) is 0 Å². The van der Waals surface area contributed by atoms with Crippen LogP contribution in [0.25, 0.3) is 11.1 Å². The van der Waals surface area contributed by atoms with Crippen LogP contribution in [0, 0.1) is 12.8 Å². The maximum Gasteiger partial charge on any atom is 0.268 e. The van der Waals surface area contributed by atoms with E-state index in [-0.39, 0.29) is 17.9 Å². The molecule has 0 spiro atoms. The van der Waals surface area contributed by atoms with Gasteiger partial charge in [0.25, 0.3) is 11.8 Å². The summed E-state index contributed by atoms with van der Waals surface area (Å²) in [6.07, 6.45) is 2.31. The lowest BCUT2D eigenvalue weighted by atomic mass is 9.84. The summed E-state index contributed by atoms with van der Waals surface area (Å²) in [6, 6.07) is 25.9. The number of hydrogen-bond acceptors (Lipinski definition) is 4. The van der Waals surface area contributed by atoms with Gasteiger partial charge in [0.2, 0.25) is 0 Å². The summed E-state index contributed by atoms with van der Waals surface area (Å²) in [5.41, 5.74) is 7.15. The number of fused-ring (bicyclic) bond motifs is 5. The molecule has 5 heterocycles. The number of hydrogen-bond donors (Lipinski definition) is 1. The molecule has 4 aliphatic heterocycles. The van der Waals surface area contributed by atoms with Crippen molar-refractivity contribution in [3.63, 3.8) is 0 Å². The molecular formula is C35H36N4O3. The average molecular weight is 561 g/mol. The number of anilines is 1. The van der Waals surface area contributed by atoms with Crippen molar-refractivity contribution in [2.75, 3.05) is 31.6 Å². The van der Waals surface area contributed by atoms with Crippen molar-refractivity contribution < 1.29 is 14.3 Å². The van der Waals surface area contributed by atoms with Gasteiger partial charge in [0.15, 0.2) is 0 Å². The van der Waals surface area contributed by atoms with Gasteiger partial charge in [0.1, 0.15) is 11.4 Å². The van der Waals surface area contributed by atoms with Crippen molar-refractivity contribution in [3.8, 4) is 16.9 Å². The number of ether oxygens (including phenoxy) is 1. The molecule has 4 aromatic rings. The first kappa shape index (κ1) is 26.5. The quantitative estimate of drug-likeness (QED) is 0.350. The van der Waals surface area contributed by atoms with Gasteiger partial charge in [0, 0.05) is 35.1 Å². The second kappa shape index (κ2) is 10.8. The molecule has 3 aromatic carbocycles. The first-order valence-electron chi connectivity index (χ1n) is 14.9. The van der Waals surface area contributed by atoms with Crippen LogP contribution in [0.4, 0.5) is 5.69 Å². The molecule has 4 aliphatic rings. The molecule has 7 nitrogen and oxygen atoms in total. The van der Waals surface area contributed by atoms with E-state index in [1.807, 2.05) is 84.6 Å². The lowest BCUT2D eigenvalue weighted by molar-refractivity contribution is 0.0615. The predicted octanol–water partition coefficient (Wildman–Crippen LogP) is 5.50. The number of nitrogens with one attached hydrogen (secondary N) is 1. The van der Waals surface area contributed by atoms with E-state index in [0.29, 0.717) is 30.3 Å². The van der Waals surface area contributed by atoms with Crippen molar-refractivity contribution in [2.24, 2.45) is 5.92 Å². The van der Waals surface area contributed by atoms with Crippen molar-refractivity contribution in [3.05, 3.63) is 107 Å². The number of para-hydroxylation sites is 2. The normalized spacial score (nSPS) is 20.8. The number of piperidine rings is 3. The second-order valence-electron chi connectivity index (χ2n) is 11.8. The molecule has 1 N–H and O–H groups in total. The molecule has 3 saturated heterocycles. The molecule has 42 heavy (non-hydrogen) atoms. The summed E-state index contributed by atoms with van der Waals surface area (Å²) in [5, 5.41) is 3.35. The maximum absolute atomic E-state index is 14.1. The van der Waals surface area contributed by atoms with E-state index in [4.69, 9.17) is 4.74 Å². The van der Waals surface area contributed by atoms with E-state index < -0.39 is 0 Å². The number of carbonyl (C=O) groups excluding carboxylic acids is 2. The molecular weight excluding hydrogens is 524 g/mol. The van der Waals surface area contributed by atoms with Gasteiger partial charge in [-0.05, 0) is 91.9 Å². The Balaban J connectivity index is 1.18. The highest BCUT2D eigenvalue weighted by Crippen LogP contribution is 2.35. The Hall–Kier alpha value is -4.36. The third kappa shape index (κ3) is 4.68. The van der Waals surface area contributed by atoms with Gasteiger partial charge in [-0.15, -0.1) is 0 Å². The maximum atomic E-state index is 14.1. The van der Waals surface area contributed by atoms with E-state index in [2.05, 4.69) is 20.9 Å². The van der Waals surface area contributed by atoms with Crippen LogP contribution in [-0.4, -0.2) is 54.1 Å². The van der Waals surface area contributed by atoms with Gasteiger partial charge in [-0.25, -0.2) is 0 Å². The van der Waals surface area contributed by atoms with Crippen LogP contribution in [0.5, 0.6) is 5.75 Å². The van der Waals surface area contributed by atoms with E-state index >= 15 is 0 Å². The van der Waals surface area contributed by atoms with E-state index in [0.717, 1.165) is 71.9 Å². The molecule has 0 saturated carbocycles. The zero-order chi connectivity index (χ0) is 28.8. The van der Waals surface area contributed by atoms with Crippen LogP contribution in [0.15, 0.2) is 78.9 Å².